The normalized spacial score (nSPS) is 25.5. The summed E-state index contributed by atoms with van der Waals surface area (Å²) in [6, 6.07) is 7.09. The highest BCUT2D eigenvalue weighted by atomic mass is 16.5. The number of carbonyl (C=O) groups is 3. The number of benzene rings is 1. The SMILES string of the molecule is O=C1N[C@]2(CCC(=O)N(CC(=O)N3CCOCC3)CC2)Oc2ccccc21. The van der Waals surface area contributed by atoms with Gasteiger partial charge in [0, 0.05) is 38.9 Å². The number of carbonyl (C=O) groups excluding carboxylic acids is 3. The van der Waals surface area contributed by atoms with Gasteiger partial charge in [0.25, 0.3) is 5.91 Å². The molecule has 0 saturated carbocycles. The summed E-state index contributed by atoms with van der Waals surface area (Å²) in [6.45, 7) is 2.59. The first-order valence-electron chi connectivity index (χ1n) is 9.30. The second-order valence-electron chi connectivity index (χ2n) is 7.11. The Hall–Kier alpha value is -2.61. The van der Waals surface area contributed by atoms with E-state index in [-0.39, 0.29) is 30.7 Å². The Morgan fingerprint density at radius 2 is 1.89 bits per heavy atom. The molecule has 1 spiro atoms. The maximum Gasteiger partial charge on any atom is 0.258 e. The van der Waals surface area contributed by atoms with Crippen molar-refractivity contribution in [2.75, 3.05) is 39.4 Å². The summed E-state index contributed by atoms with van der Waals surface area (Å²) in [6.07, 6.45) is 1.04. The fourth-order valence-electron chi connectivity index (χ4n) is 3.76. The van der Waals surface area contributed by atoms with E-state index in [0.29, 0.717) is 57.0 Å². The number of rotatable bonds is 2. The lowest BCUT2D eigenvalue weighted by Crippen LogP contribution is -2.56. The largest absolute Gasteiger partial charge is 0.467 e. The predicted octanol–water partition coefficient (Wildman–Crippen LogP) is 0.376. The molecular formula is C19H23N3O5. The number of likely N-dealkylation sites (tertiary alicyclic amines) is 1. The first-order chi connectivity index (χ1) is 13.1. The van der Waals surface area contributed by atoms with Gasteiger partial charge in [-0.2, -0.15) is 0 Å². The van der Waals surface area contributed by atoms with Crippen LogP contribution in [0.25, 0.3) is 0 Å². The van der Waals surface area contributed by atoms with E-state index in [0.717, 1.165) is 0 Å². The molecule has 2 saturated heterocycles. The maximum absolute atomic E-state index is 12.5. The molecule has 0 radical (unpaired) electrons. The van der Waals surface area contributed by atoms with Crippen LogP contribution in [0.1, 0.15) is 29.6 Å². The molecular weight excluding hydrogens is 350 g/mol. The quantitative estimate of drug-likeness (QED) is 0.810. The van der Waals surface area contributed by atoms with Gasteiger partial charge in [-0.05, 0) is 12.1 Å². The van der Waals surface area contributed by atoms with Gasteiger partial charge >= 0.3 is 0 Å². The average molecular weight is 373 g/mol. The molecule has 3 aliphatic heterocycles. The Kier molecular flexibility index (Phi) is 4.73. The minimum atomic E-state index is -0.905. The van der Waals surface area contributed by atoms with Crippen LogP contribution >= 0.6 is 0 Å². The Morgan fingerprint density at radius 1 is 1.11 bits per heavy atom. The van der Waals surface area contributed by atoms with Crippen LogP contribution in [0, 0.1) is 0 Å². The van der Waals surface area contributed by atoms with Gasteiger partial charge in [0.15, 0.2) is 5.72 Å². The second kappa shape index (κ2) is 7.19. The molecule has 1 N–H and O–H groups in total. The Balaban J connectivity index is 1.44. The van der Waals surface area contributed by atoms with Gasteiger partial charge in [0.2, 0.25) is 11.8 Å². The number of ether oxygens (including phenoxy) is 2. The summed E-state index contributed by atoms with van der Waals surface area (Å²) in [7, 11) is 0. The van der Waals surface area contributed by atoms with Crippen molar-refractivity contribution in [3.8, 4) is 5.75 Å². The predicted molar refractivity (Wildman–Crippen MR) is 95.1 cm³/mol. The van der Waals surface area contributed by atoms with E-state index in [2.05, 4.69) is 5.32 Å². The summed E-state index contributed by atoms with van der Waals surface area (Å²) in [4.78, 5) is 40.8. The minimum Gasteiger partial charge on any atom is -0.467 e. The standard InChI is InChI=1S/C19H23N3O5/c23-16-5-6-19(20-18(25)14-3-1-2-4-15(14)27-19)7-8-22(16)13-17(24)21-9-11-26-12-10-21/h1-4H,5-13H2,(H,20,25)/t19-/m1/s1. The van der Waals surface area contributed by atoms with Gasteiger partial charge in [-0.1, -0.05) is 12.1 Å². The van der Waals surface area contributed by atoms with Gasteiger partial charge in [0.05, 0.1) is 25.3 Å². The molecule has 1 aromatic rings. The molecule has 1 aromatic carbocycles. The highest BCUT2D eigenvalue weighted by Crippen LogP contribution is 2.33. The van der Waals surface area contributed by atoms with Gasteiger partial charge in [0.1, 0.15) is 5.75 Å². The van der Waals surface area contributed by atoms with Crippen LogP contribution in [0.4, 0.5) is 0 Å². The topological polar surface area (TPSA) is 88.2 Å². The van der Waals surface area contributed by atoms with Crippen LogP contribution in [0.3, 0.4) is 0 Å². The monoisotopic (exact) mass is 373 g/mol. The highest BCUT2D eigenvalue weighted by Gasteiger charge is 2.42. The smallest absolute Gasteiger partial charge is 0.258 e. The molecule has 144 valence electrons. The number of hydrogen-bond acceptors (Lipinski definition) is 5. The zero-order valence-electron chi connectivity index (χ0n) is 15.1. The molecule has 1 atom stereocenters. The van der Waals surface area contributed by atoms with Gasteiger partial charge in [-0.25, -0.2) is 0 Å². The summed E-state index contributed by atoms with van der Waals surface area (Å²) in [5.74, 6) is 0.181. The number of fused-ring (bicyclic) bond motifs is 1. The Bertz CT molecular complexity index is 761. The molecule has 0 aromatic heterocycles. The van der Waals surface area contributed by atoms with E-state index in [1.54, 1.807) is 28.0 Å². The van der Waals surface area contributed by atoms with E-state index >= 15 is 0 Å². The number of morpholine rings is 1. The van der Waals surface area contributed by atoms with Crippen molar-refractivity contribution in [1.29, 1.82) is 0 Å². The van der Waals surface area contributed by atoms with E-state index in [1.165, 1.54) is 0 Å². The van der Waals surface area contributed by atoms with E-state index in [4.69, 9.17) is 9.47 Å². The van der Waals surface area contributed by atoms with Crippen LogP contribution in [0.2, 0.25) is 0 Å². The zero-order chi connectivity index (χ0) is 18.9. The van der Waals surface area contributed by atoms with Crippen molar-refractivity contribution >= 4 is 17.7 Å². The van der Waals surface area contributed by atoms with E-state index < -0.39 is 5.72 Å². The molecule has 3 amide bonds. The lowest BCUT2D eigenvalue weighted by molar-refractivity contribution is -0.142. The second-order valence-corrected chi connectivity index (χ2v) is 7.11. The van der Waals surface area contributed by atoms with E-state index in [9.17, 15) is 14.4 Å². The summed E-state index contributed by atoms with van der Waals surface area (Å²) >= 11 is 0. The molecule has 3 aliphatic rings. The molecule has 27 heavy (non-hydrogen) atoms. The summed E-state index contributed by atoms with van der Waals surface area (Å²) in [5, 5.41) is 2.93. The molecule has 0 aliphatic carbocycles. The lowest BCUT2D eigenvalue weighted by Gasteiger charge is -2.38. The molecule has 0 unspecified atom stereocenters. The van der Waals surface area contributed by atoms with Crippen molar-refractivity contribution in [1.82, 2.24) is 15.1 Å². The Morgan fingerprint density at radius 3 is 2.70 bits per heavy atom. The van der Waals surface area contributed by atoms with Crippen LogP contribution in [-0.2, 0) is 14.3 Å². The fourth-order valence-corrected chi connectivity index (χ4v) is 3.76. The number of para-hydroxylation sites is 1. The van der Waals surface area contributed by atoms with Crippen molar-refractivity contribution in [2.24, 2.45) is 0 Å². The third-order valence-electron chi connectivity index (χ3n) is 5.35. The van der Waals surface area contributed by atoms with Crippen LogP contribution in [-0.4, -0.2) is 72.6 Å². The van der Waals surface area contributed by atoms with Crippen LogP contribution in [0.5, 0.6) is 5.75 Å². The molecule has 8 nitrogen and oxygen atoms in total. The molecule has 3 heterocycles. The number of amides is 3. The third-order valence-corrected chi connectivity index (χ3v) is 5.35. The number of nitrogens with one attached hydrogen (secondary N) is 1. The molecule has 8 heteroatoms. The third kappa shape index (κ3) is 3.62. The van der Waals surface area contributed by atoms with Crippen molar-refractivity contribution in [2.45, 2.75) is 25.0 Å². The number of hydrogen-bond donors (Lipinski definition) is 1. The minimum absolute atomic E-state index is 0.0550. The fraction of sp³-hybridized carbons (Fsp3) is 0.526. The molecule has 4 rings (SSSR count). The van der Waals surface area contributed by atoms with Crippen molar-refractivity contribution < 1.29 is 23.9 Å². The first-order valence-corrected chi connectivity index (χ1v) is 9.30. The van der Waals surface area contributed by atoms with Crippen molar-refractivity contribution in [3.63, 3.8) is 0 Å². The van der Waals surface area contributed by atoms with Gasteiger partial charge in [-0.15, -0.1) is 0 Å². The maximum atomic E-state index is 12.5. The lowest BCUT2D eigenvalue weighted by atomic mass is 10.0. The first kappa shape index (κ1) is 17.8. The van der Waals surface area contributed by atoms with Crippen LogP contribution in [0.15, 0.2) is 24.3 Å². The van der Waals surface area contributed by atoms with Crippen LogP contribution < -0.4 is 10.1 Å². The Labute approximate surface area is 157 Å². The molecule has 0 bridgehead atoms. The van der Waals surface area contributed by atoms with E-state index in [1.807, 2.05) is 6.07 Å². The number of nitrogens with zero attached hydrogens (tertiary/aromatic N) is 2. The highest BCUT2D eigenvalue weighted by molar-refractivity contribution is 5.98. The van der Waals surface area contributed by atoms with Gasteiger partial charge in [-0.3, -0.25) is 14.4 Å². The van der Waals surface area contributed by atoms with Gasteiger partial charge < -0.3 is 24.6 Å². The summed E-state index contributed by atoms with van der Waals surface area (Å²) in [5.41, 5.74) is -0.407. The average Bonchev–Trinajstić information content (AvgIpc) is 2.83. The van der Waals surface area contributed by atoms with Crippen molar-refractivity contribution in [3.05, 3.63) is 29.8 Å². The molecule has 2 fully saturated rings. The summed E-state index contributed by atoms with van der Waals surface area (Å²) < 4.78 is 11.4. The zero-order valence-corrected chi connectivity index (χ0v) is 15.1.